The quantitative estimate of drug-likeness (QED) is 0.811. The zero-order valence-electron chi connectivity index (χ0n) is 11.3. The predicted molar refractivity (Wildman–Crippen MR) is 75.2 cm³/mol. The summed E-state index contributed by atoms with van der Waals surface area (Å²) in [6.45, 7) is 5.81. The Hall–Kier alpha value is -0.920. The van der Waals surface area contributed by atoms with Crippen molar-refractivity contribution in [3.05, 3.63) is 17.0 Å². The number of carbonyl (C=O) groups is 1. The predicted octanol–water partition coefficient (Wildman–Crippen LogP) is 2.69. The van der Waals surface area contributed by atoms with E-state index in [2.05, 4.69) is 4.72 Å². The first-order chi connectivity index (χ1) is 8.80. The summed E-state index contributed by atoms with van der Waals surface area (Å²) in [7, 11) is -3.66. The Balaban J connectivity index is 3.06. The third-order valence-corrected chi connectivity index (χ3v) is 6.49. The van der Waals surface area contributed by atoms with E-state index in [4.69, 9.17) is 5.11 Å². The van der Waals surface area contributed by atoms with E-state index in [9.17, 15) is 13.2 Å². The number of carboxylic acid groups (broad SMARTS) is 1. The summed E-state index contributed by atoms with van der Waals surface area (Å²) in [6, 6.07) is 1.20. The smallest absolute Gasteiger partial charge is 0.336 e. The van der Waals surface area contributed by atoms with Gasteiger partial charge in [-0.1, -0.05) is 20.8 Å². The lowest BCUT2D eigenvalue weighted by Crippen LogP contribution is -2.46. The van der Waals surface area contributed by atoms with Crippen LogP contribution in [0.3, 0.4) is 0 Å². The van der Waals surface area contributed by atoms with Crippen molar-refractivity contribution in [3.8, 4) is 0 Å². The molecule has 108 valence electrons. The second-order valence-electron chi connectivity index (χ2n) is 4.41. The van der Waals surface area contributed by atoms with Crippen LogP contribution in [0, 0.1) is 0 Å². The van der Waals surface area contributed by atoms with E-state index in [1.807, 2.05) is 20.8 Å². The Bertz CT molecular complexity index is 536. The van der Waals surface area contributed by atoms with Crippen molar-refractivity contribution in [1.29, 1.82) is 0 Å². The second kappa shape index (κ2) is 6.02. The van der Waals surface area contributed by atoms with Crippen molar-refractivity contribution < 1.29 is 18.3 Å². The molecule has 1 aromatic heterocycles. The summed E-state index contributed by atoms with van der Waals surface area (Å²) in [6.07, 6.45) is 2.07. The SMILES string of the molecule is CCC(CC)(CC)NS(=O)(=O)c1cc(C(=O)O)cs1. The van der Waals surface area contributed by atoms with Crippen molar-refractivity contribution in [2.45, 2.75) is 49.8 Å². The number of hydrogen-bond acceptors (Lipinski definition) is 4. The minimum Gasteiger partial charge on any atom is -0.478 e. The maximum absolute atomic E-state index is 12.3. The van der Waals surface area contributed by atoms with Crippen molar-refractivity contribution in [1.82, 2.24) is 4.72 Å². The highest BCUT2D eigenvalue weighted by molar-refractivity contribution is 7.91. The minimum atomic E-state index is -3.66. The molecule has 0 fully saturated rings. The van der Waals surface area contributed by atoms with Gasteiger partial charge in [-0.3, -0.25) is 0 Å². The van der Waals surface area contributed by atoms with E-state index in [-0.39, 0.29) is 9.77 Å². The molecule has 0 unspecified atom stereocenters. The molecule has 5 nitrogen and oxygen atoms in total. The van der Waals surface area contributed by atoms with Gasteiger partial charge < -0.3 is 5.11 Å². The fourth-order valence-corrected chi connectivity index (χ4v) is 4.64. The maximum atomic E-state index is 12.3. The summed E-state index contributed by atoms with van der Waals surface area (Å²) in [5.41, 5.74) is -0.466. The first-order valence-corrected chi connectivity index (χ1v) is 8.52. The van der Waals surface area contributed by atoms with E-state index >= 15 is 0 Å². The molecule has 0 aliphatic carbocycles. The molecule has 19 heavy (non-hydrogen) atoms. The van der Waals surface area contributed by atoms with Crippen molar-refractivity contribution in [2.75, 3.05) is 0 Å². The fourth-order valence-electron chi connectivity index (χ4n) is 1.87. The molecule has 0 amide bonds. The van der Waals surface area contributed by atoms with Gasteiger partial charge in [-0.25, -0.2) is 17.9 Å². The Kier molecular flexibility index (Phi) is 5.11. The first-order valence-electron chi connectivity index (χ1n) is 6.16. The number of rotatable bonds is 7. The second-order valence-corrected chi connectivity index (χ2v) is 7.23. The van der Waals surface area contributed by atoms with Crippen LogP contribution in [0.25, 0.3) is 0 Å². The van der Waals surface area contributed by atoms with Gasteiger partial charge >= 0.3 is 5.97 Å². The van der Waals surface area contributed by atoms with Crippen LogP contribution in [0.2, 0.25) is 0 Å². The Labute approximate surface area is 117 Å². The zero-order valence-corrected chi connectivity index (χ0v) is 12.9. The van der Waals surface area contributed by atoms with Gasteiger partial charge in [0, 0.05) is 10.9 Å². The van der Waals surface area contributed by atoms with E-state index in [1.54, 1.807) is 0 Å². The number of thiophene rings is 1. The normalized spacial score (nSPS) is 12.6. The molecule has 0 atom stereocenters. The summed E-state index contributed by atoms with van der Waals surface area (Å²) < 4.78 is 27.3. The van der Waals surface area contributed by atoms with Crippen LogP contribution in [0.5, 0.6) is 0 Å². The third kappa shape index (κ3) is 3.55. The third-order valence-electron chi connectivity index (χ3n) is 3.47. The molecule has 0 radical (unpaired) electrons. The molecule has 7 heteroatoms. The van der Waals surface area contributed by atoms with Crippen LogP contribution in [0.4, 0.5) is 0 Å². The van der Waals surface area contributed by atoms with Crippen molar-refractivity contribution in [2.24, 2.45) is 0 Å². The highest BCUT2D eigenvalue weighted by Gasteiger charge is 2.31. The topological polar surface area (TPSA) is 83.5 Å². The molecule has 0 aliphatic rings. The standard InChI is InChI=1S/C12H19NO4S2/c1-4-12(5-2,6-3)13-19(16,17)10-7-9(8-18-10)11(14)15/h7-8,13H,4-6H2,1-3H3,(H,14,15). The molecular weight excluding hydrogens is 286 g/mol. The van der Waals surface area contributed by atoms with E-state index < -0.39 is 21.5 Å². The molecule has 2 N–H and O–H groups in total. The van der Waals surface area contributed by atoms with E-state index in [0.717, 1.165) is 11.3 Å². The summed E-state index contributed by atoms with van der Waals surface area (Å²) >= 11 is 0.926. The number of sulfonamides is 1. The average Bonchev–Trinajstić information content (AvgIpc) is 2.86. The molecule has 0 aliphatic heterocycles. The highest BCUT2D eigenvalue weighted by atomic mass is 32.2. The Morgan fingerprint density at radius 3 is 2.21 bits per heavy atom. The van der Waals surface area contributed by atoms with Crippen LogP contribution in [-0.2, 0) is 10.0 Å². The lowest BCUT2D eigenvalue weighted by atomic mass is 9.91. The van der Waals surface area contributed by atoms with Crippen molar-refractivity contribution >= 4 is 27.3 Å². The van der Waals surface area contributed by atoms with Crippen LogP contribution in [-0.4, -0.2) is 25.0 Å². The lowest BCUT2D eigenvalue weighted by molar-refractivity contribution is 0.0697. The van der Waals surface area contributed by atoms with Crippen LogP contribution < -0.4 is 4.72 Å². The van der Waals surface area contributed by atoms with Crippen molar-refractivity contribution in [3.63, 3.8) is 0 Å². The molecule has 1 aromatic rings. The Morgan fingerprint density at radius 1 is 1.32 bits per heavy atom. The van der Waals surface area contributed by atoms with Gasteiger partial charge in [0.05, 0.1) is 5.56 Å². The van der Waals surface area contributed by atoms with Gasteiger partial charge in [-0.15, -0.1) is 11.3 Å². The lowest BCUT2D eigenvalue weighted by Gasteiger charge is -2.30. The number of nitrogens with one attached hydrogen (secondary N) is 1. The van der Waals surface area contributed by atoms with Gasteiger partial charge in [-0.05, 0) is 25.3 Å². The number of aromatic carboxylic acids is 1. The number of hydrogen-bond donors (Lipinski definition) is 2. The number of carboxylic acids is 1. The van der Waals surface area contributed by atoms with Gasteiger partial charge in [0.15, 0.2) is 0 Å². The van der Waals surface area contributed by atoms with Crippen LogP contribution in [0.15, 0.2) is 15.7 Å². The molecule has 1 rings (SSSR count). The first kappa shape index (κ1) is 16.1. The van der Waals surface area contributed by atoms with Crippen LogP contribution >= 0.6 is 11.3 Å². The minimum absolute atomic E-state index is 0.000436. The molecule has 1 heterocycles. The highest BCUT2D eigenvalue weighted by Crippen LogP contribution is 2.26. The summed E-state index contributed by atoms with van der Waals surface area (Å²) in [5.74, 6) is -1.12. The molecule has 0 bridgehead atoms. The molecule has 0 saturated heterocycles. The monoisotopic (exact) mass is 305 g/mol. The van der Waals surface area contributed by atoms with Gasteiger partial charge in [-0.2, -0.15) is 0 Å². The summed E-state index contributed by atoms with van der Waals surface area (Å²) in [4.78, 5) is 10.8. The molecule has 0 aromatic carbocycles. The van der Waals surface area contributed by atoms with Crippen LogP contribution in [0.1, 0.15) is 50.4 Å². The fraction of sp³-hybridized carbons (Fsp3) is 0.583. The van der Waals surface area contributed by atoms with E-state index in [1.165, 1.54) is 11.4 Å². The summed E-state index contributed by atoms with van der Waals surface area (Å²) in [5, 5.41) is 10.2. The maximum Gasteiger partial charge on any atom is 0.336 e. The largest absolute Gasteiger partial charge is 0.478 e. The molecule has 0 spiro atoms. The molecular formula is C12H19NO4S2. The van der Waals surface area contributed by atoms with Gasteiger partial charge in [0.2, 0.25) is 0 Å². The molecule has 0 saturated carbocycles. The Morgan fingerprint density at radius 2 is 1.84 bits per heavy atom. The van der Waals surface area contributed by atoms with Gasteiger partial charge in [0.25, 0.3) is 10.0 Å². The van der Waals surface area contributed by atoms with Gasteiger partial charge in [0.1, 0.15) is 4.21 Å². The van der Waals surface area contributed by atoms with E-state index in [0.29, 0.717) is 19.3 Å². The zero-order chi connectivity index (χ0) is 14.7. The average molecular weight is 305 g/mol.